The smallest absolute Gasteiger partial charge is 0.410 e. The molecule has 2 aliphatic carbocycles. The second-order valence-electron chi connectivity index (χ2n) is 7.84. The zero-order chi connectivity index (χ0) is 16.4. The first-order valence-corrected chi connectivity index (χ1v) is 8.47. The van der Waals surface area contributed by atoms with Crippen LogP contribution in [0.25, 0.3) is 0 Å². The highest BCUT2D eigenvalue weighted by atomic mass is 16.6. The third-order valence-electron chi connectivity index (χ3n) is 4.88. The first-order chi connectivity index (χ1) is 10.2. The van der Waals surface area contributed by atoms with Crippen LogP contribution in [0, 0.1) is 5.41 Å². The van der Waals surface area contributed by atoms with E-state index in [0.29, 0.717) is 19.4 Å². The van der Waals surface area contributed by atoms with Gasteiger partial charge in [-0.2, -0.15) is 0 Å². The maximum Gasteiger partial charge on any atom is 0.410 e. The van der Waals surface area contributed by atoms with Crippen LogP contribution in [0.1, 0.15) is 72.1 Å². The van der Waals surface area contributed by atoms with E-state index in [1.807, 2.05) is 20.8 Å². The topological polar surface area (TPSA) is 66.8 Å². The monoisotopic (exact) mass is 311 g/mol. The maximum absolute atomic E-state index is 12.6. The van der Waals surface area contributed by atoms with Crippen LogP contribution in [-0.2, 0) is 9.53 Å². The van der Waals surface area contributed by atoms with Gasteiger partial charge in [-0.1, -0.05) is 25.7 Å². The Morgan fingerprint density at radius 1 is 1.14 bits per heavy atom. The molecule has 1 N–H and O–H groups in total. The van der Waals surface area contributed by atoms with Gasteiger partial charge in [0.15, 0.2) is 0 Å². The van der Waals surface area contributed by atoms with E-state index < -0.39 is 17.0 Å². The molecule has 0 aromatic carbocycles. The molecule has 0 atom stereocenters. The number of carboxylic acids is 1. The van der Waals surface area contributed by atoms with Crippen molar-refractivity contribution >= 4 is 12.1 Å². The van der Waals surface area contributed by atoms with E-state index in [1.54, 1.807) is 4.90 Å². The standard InChI is InChI=1S/C17H29NO4/c1-16(2,3)22-15(21)18(13-8-5-4-6-9-13)12-17(14(19)20)10-7-11-17/h13H,4-12H2,1-3H3,(H,19,20). The van der Waals surface area contributed by atoms with Gasteiger partial charge in [-0.15, -0.1) is 0 Å². The minimum atomic E-state index is -0.775. The highest BCUT2D eigenvalue weighted by Crippen LogP contribution is 2.43. The molecule has 2 rings (SSSR count). The number of carboxylic acid groups (broad SMARTS) is 1. The van der Waals surface area contributed by atoms with Crippen molar-refractivity contribution < 1.29 is 19.4 Å². The molecule has 2 saturated carbocycles. The van der Waals surface area contributed by atoms with Crippen LogP contribution in [0.3, 0.4) is 0 Å². The Morgan fingerprint density at radius 2 is 1.73 bits per heavy atom. The minimum Gasteiger partial charge on any atom is -0.481 e. The number of hydrogen-bond acceptors (Lipinski definition) is 3. The Balaban J connectivity index is 2.13. The largest absolute Gasteiger partial charge is 0.481 e. The normalized spacial score (nSPS) is 21.8. The number of aliphatic carboxylic acids is 1. The fraction of sp³-hybridized carbons (Fsp3) is 0.882. The van der Waals surface area contributed by atoms with Crippen LogP contribution >= 0.6 is 0 Å². The van der Waals surface area contributed by atoms with Gasteiger partial charge in [0.1, 0.15) is 5.60 Å². The quantitative estimate of drug-likeness (QED) is 0.857. The second-order valence-corrected chi connectivity index (χ2v) is 7.84. The van der Waals surface area contributed by atoms with Crippen LogP contribution in [-0.4, -0.2) is 40.3 Å². The molecule has 0 unspecified atom stereocenters. The molecule has 0 aliphatic heterocycles. The van der Waals surface area contributed by atoms with Gasteiger partial charge in [-0.3, -0.25) is 4.79 Å². The van der Waals surface area contributed by atoms with E-state index in [9.17, 15) is 14.7 Å². The Hall–Kier alpha value is -1.26. The molecule has 1 amide bonds. The summed E-state index contributed by atoms with van der Waals surface area (Å²) in [6.45, 7) is 5.84. The summed E-state index contributed by atoms with van der Waals surface area (Å²) < 4.78 is 5.54. The summed E-state index contributed by atoms with van der Waals surface area (Å²) in [5.41, 5.74) is -1.31. The summed E-state index contributed by atoms with van der Waals surface area (Å²) in [4.78, 5) is 26.0. The van der Waals surface area contributed by atoms with Gasteiger partial charge < -0.3 is 14.7 Å². The van der Waals surface area contributed by atoms with Gasteiger partial charge in [0, 0.05) is 12.6 Å². The number of carbonyl (C=O) groups excluding carboxylic acids is 1. The van der Waals surface area contributed by atoms with E-state index >= 15 is 0 Å². The lowest BCUT2D eigenvalue weighted by Crippen LogP contribution is -2.54. The van der Waals surface area contributed by atoms with Crippen LogP contribution in [0.5, 0.6) is 0 Å². The van der Waals surface area contributed by atoms with Crippen molar-refractivity contribution in [2.45, 2.75) is 83.8 Å². The van der Waals surface area contributed by atoms with E-state index in [4.69, 9.17) is 4.74 Å². The van der Waals surface area contributed by atoms with Crippen LogP contribution in [0.15, 0.2) is 0 Å². The Labute approximate surface area is 133 Å². The lowest BCUT2D eigenvalue weighted by molar-refractivity contribution is -0.156. The number of hydrogen-bond donors (Lipinski definition) is 1. The zero-order valence-corrected chi connectivity index (χ0v) is 14.1. The Morgan fingerprint density at radius 3 is 2.14 bits per heavy atom. The number of ether oxygens (including phenoxy) is 1. The lowest BCUT2D eigenvalue weighted by Gasteiger charge is -2.44. The third-order valence-corrected chi connectivity index (χ3v) is 4.88. The summed E-state index contributed by atoms with van der Waals surface area (Å²) in [7, 11) is 0. The van der Waals surface area contributed by atoms with Crippen LogP contribution in [0.4, 0.5) is 4.79 Å². The number of rotatable bonds is 4. The van der Waals surface area contributed by atoms with Crippen molar-refractivity contribution in [3.8, 4) is 0 Å². The van der Waals surface area contributed by atoms with Crippen molar-refractivity contribution in [3.63, 3.8) is 0 Å². The maximum atomic E-state index is 12.6. The summed E-state index contributed by atoms with van der Waals surface area (Å²) in [5, 5.41) is 9.57. The summed E-state index contributed by atoms with van der Waals surface area (Å²) in [6, 6.07) is 0.125. The second kappa shape index (κ2) is 6.47. The summed E-state index contributed by atoms with van der Waals surface area (Å²) >= 11 is 0. The van der Waals surface area contributed by atoms with Gasteiger partial charge >= 0.3 is 12.1 Å². The molecule has 126 valence electrons. The number of amides is 1. The lowest BCUT2D eigenvalue weighted by atomic mass is 9.68. The van der Waals surface area contributed by atoms with Gasteiger partial charge in [0.2, 0.25) is 0 Å². The van der Waals surface area contributed by atoms with Crippen molar-refractivity contribution in [2.24, 2.45) is 5.41 Å². The van der Waals surface area contributed by atoms with E-state index in [-0.39, 0.29) is 12.1 Å². The SMILES string of the molecule is CC(C)(C)OC(=O)N(CC1(C(=O)O)CCC1)C1CCCCC1. The van der Waals surface area contributed by atoms with E-state index in [0.717, 1.165) is 32.1 Å². The van der Waals surface area contributed by atoms with E-state index in [2.05, 4.69) is 0 Å². The molecule has 5 nitrogen and oxygen atoms in total. The first-order valence-electron chi connectivity index (χ1n) is 8.47. The fourth-order valence-electron chi connectivity index (χ4n) is 3.43. The molecule has 0 heterocycles. The van der Waals surface area contributed by atoms with Crippen LogP contribution < -0.4 is 0 Å². The summed E-state index contributed by atoms with van der Waals surface area (Å²) in [5.74, 6) is -0.775. The molecule has 0 saturated heterocycles. The molecule has 2 aliphatic rings. The third kappa shape index (κ3) is 3.93. The zero-order valence-electron chi connectivity index (χ0n) is 14.1. The van der Waals surface area contributed by atoms with Gasteiger partial charge in [-0.25, -0.2) is 4.79 Å². The van der Waals surface area contributed by atoms with Crippen molar-refractivity contribution in [1.29, 1.82) is 0 Å². The average molecular weight is 311 g/mol. The Bertz CT molecular complexity index is 417. The number of carbonyl (C=O) groups is 2. The van der Waals surface area contributed by atoms with Crippen molar-refractivity contribution in [1.82, 2.24) is 4.90 Å². The molecule has 5 heteroatoms. The minimum absolute atomic E-state index is 0.125. The fourth-order valence-corrected chi connectivity index (χ4v) is 3.43. The predicted molar refractivity (Wildman–Crippen MR) is 83.7 cm³/mol. The highest BCUT2D eigenvalue weighted by Gasteiger charge is 2.48. The highest BCUT2D eigenvalue weighted by molar-refractivity contribution is 5.77. The molecule has 22 heavy (non-hydrogen) atoms. The van der Waals surface area contributed by atoms with Gasteiger partial charge in [-0.05, 0) is 46.5 Å². The Kier molecular flexibility index (Phi) is 5.03. The molecule has 0 spiro atoms. The van der Waals surface area contributed by atoms with Crippen molar-refractivity contribution in [3.05, 3.63) is 0 Å². The first kappa shape index (κ1) is 17.1. The molecule has 0 aromatic rings. The molecule has 2 fully saturated rings. The predicted octanol–water partition coefficient (Wildman–Crippen LogP) is 3.81. The average Bonchev–Trinajstić information content (AvgIpc) is 2.36. The summed E-state index contributed by atoms with van der Waals surface area (Å²) in [6.07, 6.45) is 7.20. The van der Waals surface area contributed by atoms with Crippen LogP contribution in [0.2, 0.25) is 0 Å². The molecular formula is C17H29NO4. The molecule has 0 aromatic heterocycles. The van der Waals surface area contributed by atoms with E-state index in [1.165, 1.54) is 6.42 Å². The van der Waals surface area contributed by atoms with Gasteiger partial charge in [0.05, 0.1) is 5.41 Å². The molecule has 0 bridgehead atoms. The van der Waals surface area contributed by atoms with Gasteiger partial charge in [0.25, 0.3) is 0 Å². The van der Waals surface area contributed by atoms with Crippen molar-refractivity contribution in [2.75, 3.05) is 6.54 Å². The molecule has 0 radical (unpaired) electrons. The number of nitrogens with zero attached hydrogens (tertiary/aromatic N) is 1. The molecular weight excluding hydrogens is 282 g/mol.